The summed E-state index contributed by atoms with van der Waals surface area (Å²) in [4.78, 5) is 48.5. The zero-order valence-electron chi connectivity index (χ0n) is 14.4. The molecule has 1 aliphatic rings. The topological polar surface area (TPSA) is 107 Å². The van der Waals surface area contributed by atoms with Crippen LogP contribution in [0.3, 0.4) is 0 Å². The number of nitrogens with one attached hydrogen (secondary N) is 1. The lowest BCUT2D eigenvalue weighted by Gasteiger charge is -2.15. The number of carbonyl (C=O) groups is 4. The molecule has 1 fully saturated rings. The molecule has 144 valence electrons. The molecule has 3 rings (SSSR count). The summed E-state index contributed by atoms with van der Waals surface area (Å²) >= 11 is 1.03. The molecule has 1 N–H and O–H groups in total. The Kier molecular flexibility index (Phi) is 5.74. The Labute approximate surface area is 163 Å². The first-order valence-corrected chi connectivity index (χ1v) is 9.25. The molecule has 0 spiro atoms. The number of aromatic carboxylic acids is 1. The molecule has 0 unspecified atom stereocenters. The summed E-state index contributed by atoms with van der Waals surface area (Å²) in [7, 11) is 0. The molecule has 0 aromatic heterocycles. The van der Waals surface area contributed by atoms with E-state index in [1.165, 1.54) is 48.5 Å². The molecule has 28 heavy (non-hydrogen) atoms. The van der Waals surface area contributed by atoms with Gasteiger partial charge < -0.3 is 15.2 Å². The van der Waals surface area contributed by atoms with Gasteiger partial charge in [0.25, 0.3) is 0 Å². The summed E-state index contributed by atoms with van der Waals surface area (Å²) in [6.07, 6.45) is -0.0600. The van der Waals surface area contributed by atoms with Crippen LogP contribution >= 0.6 is 11.8 Å². The number of amides is 3. The molecule has 0 bridgehead atoms. The maximum Gasteiger partial charge on any atom is 0.247 e. The second-order valence-corrected chi connectivity index (χ2v) is 7.15. The molecule has 2 aromatic rings. The highest BCUT2D eigenvalue weighted by Crippen LogP contribution is 2.30. The van der Waals surface area contributed by atoms with E-state index in [2.05, 4.69) is 5.32 Å². The molecule has 1 saturated heterocycles. The van der Waals surface area contributed by atoms with Crippen molar-refractivity contribution < 1.29 is 28.7 Å². The van der Waals surface area contributed by atoms with Gasteiger partial charge in [-0.25, -0.2) is 9.29 Å². The summed E-state index contributed by atoms with van der Waals surface area (Å²) < 4.78 is 12.9. The van der Waals surface area contributed by atoms with Crippen LogP contribution in [0.15, 0.2) is 48.5 Å². The second kappa shape index (κ2) is 8.22. The van der Waals surface area contributed by atoms with Gasteiger partial charge in [-0.05, 0) is 42.0 Å². The number of imide groups is 1. The number of anilines is 2. The highest BCUT2D eigenvalue weighted by molar-refractivity contribution is 8.01. The Morgan fingerprint density at radius 1 is 1.11 bits per heavy atom. The first kappa shape index (κ1) is 19.6. The highest BCUT2D eigenvalue weighted by atomic mass is 32.2. The lowest BCUT2D eigenvalue weighted by atomic mass is 10.2. The molecule has 1 aliphatic heterocycles. The molecular weight excluding hydrogens is 387 g/mol. The summed E-state index contributed by atoms with van der Waals surface area (Å²) in [5, 5.41) is 12.7. The van der Waals surface area contributed by atoms with Crippen molar-refractivity contribution in [2.45, 2.75) is 11.7 Å². The average Bonchev–Trinajstić information content (AvgIpc) is 2.95. The van der Waals surface area contributed by atoms with Gasteiger partial charge in [-0.3, -0.25) is 14.4 Å². The zero-order chi connectivity index (χ0) is 20.3. The van der Waals surface area contributed by atoms with E-state index in [4.69, 9.17) is 0 Å². The number of carboxylic acids is 1. The third kappa shape index (κ3) is 4.37. The predicted molar refractivity (Wildman–Crippen MR) is 99.2 cm³/mol. The summed E-state index contributed by atoms with van der Waals surface area (Å²) in [6, 6.07) is 10.5. The average molecular weight is 401 g/mol. The van der Waals surface area contributed by atoms with Crippen LogP contribution in [0, 0.1) is 5.82 Å². The van der Waals surface area contributed by atoms with Crippen LogP contribution in [0.5, 0.6) is 0 Å². The predicted octanol–water partition coefficient (Wildman–Crippen LogP) is 1.19. The normalized spacial score (nSPS) is 16.3. The number of hydrogen-bond donors (Lipinski definition) is 1. The van der Waals surface area contributed by atoms with E-state index in [9.17, 15) is 28.7 Å². The van der Waals surface area contributed by atoms with Gasteiger partial charge in [0.05, 0.1) is 22.7 Å². The minimum Gasteiger partial charge on any atom is -0.545 e. The minimum atomic E-state index is -1.36. The van der Waals surface area contributed by atoms with Crippen molar-refractivity contribution in [2.75, 3.05) is 16.0 Å². The van der Waals surface area contributed by atoms with Gasteiger partial charge in [0.1, 0.15) is 5.82 Å². The van der Waals surface area contributed by atoms with Crippen molar-refractivity contribution in [1.29, 1.82) is 0 Å². The Bertz CT molecular complexity index is 930. The van der Waals surface area contributed by atoms with Gasteiger partial charge in [0.15, 0.2) is 0 Å². The van der Waals surface area contributed by atoms with Crippen molar-refractivity contribution in [3.63, 3.8) is 0 Å². The monoisotopic (exact) mass is 401 g/mol. The van der Waals surface area contributed by atoms with E-state index in [-0.39, 0.29) is 29.3 Å². The summed E-state index contributed by atoms with van der Waals surface area (Å²) in [5.41, 5.74) is 0.626. The van der Waals surface area contributed by atoms with E-state index in [0.29, 0.717) is 5.69 Å². The van der Waals surface area contributed by atoms with Crippen LogP contribution in [-0.4, -0.2) is 34.7 Å². The Balaban J connectivity index is 1.59. The smallest absolute Gasteiger partial charge is 0.247 e. The SMILES string of the molecule is O=C(CS[C@@H]1CC(=O)N(c2ccc(C(=O)[O-])cc2)C1=O)Nc1ccc(F)cc1. The van der Waals surface area contributed by atoms with E-state index in [1.54, 1.807) is 0 Å². The molecule has 0 aliphatic carbocycles. The van der Waals surface area contributed by atoms with Crippen molar-refractivity contribution in [3.8, 4) is 0 Å². The number of rotatable bonds is 6. The fraction of sp³-hybridized carbons (Fsp3) is 0.158. The van der Waals surface area contributed by atoms with Crippen molar-refractivity contribution in [1.82, 2.24) is 0 Å². The third-order valence-electron chi connectivity index (χ3n) is 4.01. The molecule has 2 aromatic carbocycles. The molecular formula is C19H14FN2O5S-. The van der Waals surface area contributed by atoms with Crippen LogP contribution in [0.2, 0.25) is 0 Å². The zero-order valence-corrected chi connectivity index (χ0v) is 15.2. The van der Waals surface area contributed by atoms with Gasteiger partial charge >= 0.3 is 0 Å². The number of carboxylic acid groups (broad SMARTS) is 1. The molecule has 0 radical (unpaired) electrons. The van der Waals surface area contributed by atoms with Crippen molar-refractivity contribution >= 4 is 46.8 Å². The molecule has 1 atom stereocenters. The van der Waals surface area contributed by atoms with Gasteiger partial charge in [-0.2, -0.15) is 0 Å². The van der Waals surface area contributed by atoms with Gasteiger partial charge in [-0.1, -0.05) is 12.1 Å². The fourth-order valence-electron chi connectivity index (χ4n) is 2.66. The van der Waals surface area contributed by atoms with Gasteiger partial charge in [-0.15, -0.1) is 11.8 Å². The number of benzene rings is 2. The Morgan fingerprint density at radius 2 is 1.75 bits per heavy atom. The molecule has 1 heterocycles. The summed E-state index contributed by atoms with van der Waals surface area (Å²) in [6.45, 7) is 0. The van der Waals surface area contributed by atoms with Crippen LogP contribution < -0.4 is 15.3 Å². The van der Waals surface area contributed by atoms with Crippen molar-refractivity contribution in [3.05, 3.63) is 59.9 Å². The van der Waals surface area contributed by atoms with Crippen LogP contribution in [-0.2, 0) is 14.4 Å². The standard InChI is InChI=1S/C19H15FN2O5S/c20-12-3-5-13(6-4-12)21-16(23)10-28-15-9-17(24)22(18(15)25)14-7-1-11(2-8-14)19(26)27/h1-8,15H,9-10H2,(H,21,23)(H,26,27)/p-1/t15-/m1/s1. The van der Waals surface area contributed by atoms with E-state index in [0.717, 1.165) is 16.7 Å². The quantitative estimate of drug-likeness (QED) is 0.729. The number of hydrogen-bond acceptors (Lipinski definition) is 6. The Morgan fingerprint density at radius 3 is 2.36 bits per heavy atom. The van der Waals surface area contributed by atoms with Gasteiger partial charge in [0, 0.05) is 12.1 Å². The number of thioether (sulfide) groups is 1. The Hall–Kier alpha value is -3.20. The lowest BCUT2D eigenvalue weighted by molar-refractivity contribution is -0.255. The highest BCUT2D eigenvalue weighted by Gasteiger charge is 2.40. The lowest BCUT2D eigenvalue weighted by Crippen LogP contribution is -2.31. The molecule has 0 saturated carbocycles. The minimum absolute atomic E-state index is 0.0570. The van der Waals surface area contributed by atoms with Crippen LogP contribution in [0.4, 0.5) is 15.8 Å². The maximum atomic E-state index is 12.9. The molecule has 7 nitrogen and oxygen atoms in total. The van der Waals surface area contributed by atoms with Crippen LogP contribution in [0.1, 0.15) is 16.8 Å². The summed E-state index contributed by atoms with van der Waals surface area (Å²) in [5.74, 6) is -3.11. The second-order valence-electron chi connectivity index (χ2n) is 5.96. The first-order chi connectivity index (χ1) is 13.3. The number of nitrogens with zero attached hydrogens (tertiary/aromatic N) is 1. The van der Waals surface area contributed by atoms with E-state index < -0.39 is 28.9 Å². The van der Waals surface area contributed by atoms with Crippen molar-refractivity contribution in [2.24, 2.45) is 0 Å². The fourth-order valence-corrected chi connectivity index (χ4v) is 3.59. The maximum absolute atomic E-state index is 12.9. The van der Waals surface area contributed by atoms with Gasteiger partial charge in [0.2, 0.25) is 17.7 Å². The third-order valence-corrected chi connectivity index (χ3v) is 5.21. The largest absolute Gasteiger partial charge is 0.545 e. The first-order valence-electron chi connectivity index (χ1n) is 8.20. The molecule has 9 heteroatoms. The number of carbonyl (C=O) groups excluding carboxylic acids is 4. The van der Waals surface area contributed by atoms with Crippen LogP contribution in [0.25, 0.3) is 0 Å². The van der Waals surface area contributed by atoms with E-state index >= 15 is 0 Å². The number of halogens is 1. The van der Waals surface area contributed by atoms with E-state index in [1.807, 2.05) is 0 Å². The molecule has 3 amide bonds.